The summed E-state index contributed by atoms with van der Waals surface area (Å²) >= 11 is 0. The van der Waals surface area contributed by atoms with Gasteiger partial charge in [0.1, 0.15) is 0 Å². The molecule has 108 valence electrons. The van der Waals surface area contributed by atoms with Crippen LogP contribution in [0.15, 0.2) is 53.5 Å². The predicted octanol–water partition coefficient (Wildman–Crippen LogP) is 2.88. The number of aliphatic carboxylic acids is 1. The van der Waals surface area contributed by atoms with Crippen LogP contribution in [0.5, 0.6) is 0 Å². The summed E-state index contributed by atoms with van der Waals surface area (Å²) in [4.78, 5) is 22.4. The molecule has 0 saturated heterocycles. The third-order valence-corrected chi connectivity index (χ3v) is 3.08. The van der Waals surface area contributed by atoms with E-state index in [2.05, 4.69) is 0 Å². The van der Waals surface area contributed by atoms with E-state index in [4.69, 9.17) is 5.11 Å². The van der Waals surface area contributed by atoms with E-state index in [1.165, 1.54) is 4.57 Å². The van der Waals surface area contributed by atoms with Crippen molar-refractivity contribution >= 4 is 18.1 Å². The Kier molecular flexibility index (Phi) is 5.10. The van der Waals surface area contributed by atoms with Gasteiger partial charge in [-0.2, -0.15) is 0 Å². The second kappa shape index (κ2) is 7.24. The summed E-state index contributed by atoms with van der Waals surface area (Å²) in [6.45, 7) is 0.424. The number of hydrogen-bond acceptors (Lipinski definition) is 2. The van der Waals surface area contributed by atoms with Crippen LogP contribution in [0.4, 0.5) is 0 Å². The van der Waals surface area contributed by atoms with Gasteiger partial charge in [-0.25, -0.2) is 0 Å². The van der Waals surface area contributed by atoms with Gasteiger partial charge in [0.25, 0.3) is 5.56 Å². The molecule has 4 heteroatoms. The average Bonchev–Trinajstić information content (AvgIpc) is 2.48. The molecule has 0 aliphatic rings. The highest BCUT2D eigenvalue weighted by Gasteiger charge is 2.00. The van der Waals surface area contributed by atoms with Crippen LogP contribution in [0.25, 0.3) is 12.2 Å². The second-order valence-electron chi connectivity index (χ2n) is 4.73. The fourth-order valence-electron chi connectivity index (χ4n) is 1.97. The molecule has 0 unspecified atom stereocenters. The molecule has 1 N–H and O–H groups in total. The highest BCUT2D eigenvalue weighted by atomic mass is 16.4. The van der Waals surface area contributed by atoms with Crippen LogP contribution in [0.2, 0.25) is 0 Å². The Labute approximate surface area is 123 Å². The number of rotatable bonds is 6. The third kappa shape index (κ3) is 4.76. The molecular weight excluding hydrogens is 266 g/mol. The van der Waals surface area contributed by atoms with E-state index < -0.39 is 5.97 Å². The molecule has 21 heavy (non-hydrogen) atoms. The summed E-state index contributed by atoms with van der Waals surface area (Å²) in [5.74, 6) is -0.842. The van der Waals surface area contributed by atoms with Crippen molar-refractivity contribution in [2.24, 2.45) is 0 Å². The van der Waals surface area contributed by atoms with Crippen molar-refractivity contribution in [3.63, 3.8) is 0 Å². The van der Waals surface area contributed by atoms with Gasteiger partial charge in [0.15, 0.2) is 0 Å². The van der Waals surface area contributed by atoms with E-state index in [1.807, 2.05) is 48.6 Å². The second-order valence-corrected chi connectivity index (χ2v) is 4.73. The Morgan fingerprint density at radius 1 is 1.10 bits per heavy atom. The molecule has 2 rings (SSSR count). The zero-order valence-electron chi connectivity index (χ0n) is 11.6. The fraction of sp³-hybridized carbons (Fsp3) is 0.176. The molecule has 0 amide bonds. The molecule has 4 nitrogen and oxygen atoms in total. The first-order valence-electron chi connectivity index (χ1n) is 6.80. The maximum absolute atomic E-state index is 11.9. The smallest absolute Gasteiger partial charge is 0.303 e. The number of nitrogens with zero attached hydrogens (tertiary/aromatic N) is 1. The van der Waals surface area contributed by atoms with Crippen LogP contribution >= 0.6 is 0 Å². The van der Waals surface area contributed by atoms with E-state index in [-0.39, 0.29) is 12.0 Å². The summed E-state index contributed by atoms with van der Waals surface area (Å²) in [6.07, 6.45) is 6.06. The molecule has 1 aromatic carbocycles. The van der Waals surface area contributed by atoms with Gasteiger partial charge < -0.3 is 9.67 Å². The van der Waals surface area contributed by atoms with E-state index in [0.29, 0.717) is 13.0 Å². The minimum Gasteiger partial charge on any atom is -0.481 e. The molecule has 0 fully saturated rings. The van der Waals surface area contributed by atoms with Crippen LogP contribution in [0, 0.1) is 0 Å². The monoisotopic (exact) mass is 283 g/mol. The molecule has 0 spiro atoms. The van der Waals surface area contributed by atoms with Crippen molar-refractivity contribution in [3.05, 3.63) is 70.1 Å². The first-order valence-corrected chi connectivity index (χ1v) is 6.80. The van der Waals surface area contributed by atoms with Crippen molar-refractivity contribution in [3.8, 4) is 0 Å². The Morgan fingerprint density at radius 3 is 2.48 bits per heavy atom. The van der Waals surface area contributed by atoms with E-state index in [9.17, 15) is 9.59 Å². The van der Waals surface area contributed by atoms with Gasteiger partial charge in [-0.3, -0.25) is 9.59 Å². The van der Waals surface area contributed by atoms with E-state index >= 15 is 0 Å². The number of carboxylic acid groups (broad SMARTS) is 1. The Bertz CT molecular complexity index is 687. The zero-order valence-corrected chi connectivity index (χ0v) is 11.6. The van der Waals surface area contributed by atoms with Crippen molar-refractivity contribution in [2.45, 2.75) is 19.4 Å². The Balaban J connectivity index is 2.03. The van der Waals surface area contributed by atoms with Crippen LogP contribution in [0.3, 0.4) is 0 Å². The molecule has 1 heterocycles. The average molecular weight is 283 g/mol. The van der Waals surface area contributed by atoms with Crippen molar-refractivity contribution in [1.29, 1.82) is 0 Å². The highest BCUT2D eigenvalue weighted by Crippen LogP contribution is 2.06. The third-order valence-electron chi connectivity index (χ3n) is 3.08. The first kappa shape index (κ1) is 14.8. The molecule has 1 aromatic heterocycles. The summed E-state index contributed by atoms with van der Waals surface area (Å²) in [5, 5.41) is 8.59. The van der Waals surface area contributed by atoms with Gasteiger partial charge in [-0.05, 0) is 23.6 Å². The molecule has 0 radical (unpaired) electrons. The predicted molar refractivity (Wildman–Crippen MR) is 82.9 cm³/mol. The summed E-state index contributed by atoms with van der Waals surface area (Å²) in [6, 6.07) is 13.3. The van der Waals surface area contributed by atoms with Crippen LogP contribution in [-0.2, 0) is 11.3 Å². The molecule has 0 saturated carbocycles. The topological polar surface area (TPSA) is 59.3 Å². The maximum atomic E-state index is 11.9. The molecule has 0 atom stereocenters. The van der Waals surface area contributed by atoms with Gasteiger partial charge in [0, 0.05) is 25.2 Å². The lowest BCUT2D eigenvalue weighted by atomic mass is 10.1. The van der Waals surface area contributed by atoms with Crippen molar-refractivity contribution < 1.29 is 9.90 Å². The number of aryl methyl sites for hydroxylation is 1. The van der Waals surface area contributed by atoms with Gasteiger partial charge >= 0.3 is 5.97 Å². The molecule has 0 aliphatic carbocycles. The zero-order chi connectivity index (χ0) is 15.1. The minimum absolute atomic E-state index is 0.0715. The number of hydrogen-bond donors (Lipinski definition) is 1. The largest absolute Gasteiger partial charge is 0.481 e. The quantitative estimate of drug-likeness (QED) is 0.886. The standard InChI is InChI=1S/C17H17NO3/c19-16-13-15(9-8-14-5-2-1-3-6-14)10-12-18(16)11-4-7-17(20)21/h1-3,5-6,8-10,12-13H,4,7,11H2,(H,20,21)/b9-8+. The van der Waals surface area contributed by atoms with Gasteiger partial charge in [0.2, 0.25) is 0 Å². The minimum atomic E-state index is -0.842. The van der Waals surface area contributed by atoms with Gasteiger partial charge in [-0.15, -0.1) is 0 Å². The highest BCUT2D eigenvalue weighted by molar-refractivity contribution is 5.69. The van der Waals surface area contributed by atoms with Crippen LogP contribution in [-0.4, -0.2) is 15.6 Å². The normalized spacial score (nSPS) is 10.9. The lowest BCUT2D eigenvalue weighted by Gasteiger charge is -2.04. The number of carboxylic acids is 1. The molecule has 0 bridgehead atoms. The fourth-order valence-corrected chi connectivity index (χ4v) is 1.97. The van der Waals surface area contributed by atoms with Crippen molar-refractivity contribution in [1.82, 2.24) is 4.57 Å². The molecule has 0 aliphatic heterocycles. The number of pyridine rings is 1. The summed E-state index contributed by atoms with van der Waals surface area (Å²) in [7, 11) is 0. The maximum Gasteiger partial charge on any atom is 0.303 e. The Morgan fingerprint density at radius 2 is 1.81 bits per heavy atom. The van der Waals surface area contributed by atoms with Crippen LogP contribution < -0.4 is 5.56 Å². The van der Waals surface area contributed by atoms with E-state index in [1.54, 1.807) is 12.3 Å². The van der Waals surface area contributed by atoms with Crippen LogP contribution in [0.1, 0.15) is 24.0 Å². The number of carbonyl (C=O) groups is 1. The molecular formula is C17H17NO3. The SMILES string of the molecule is O=C(O)CCCn1ccc(/C=C/c2ccccc2)cc1=O. The van der Waals surface area contributed by atoms with Crippen molar-refractivity contribution in [2.75, 3.05) is 0 Å². The molecule has 2 aromatic rings. The number of benzene rings is 1. The first-order chi connectivity index (χ1) is 10.1. The Hall–Kier alpha value is -2.62. The number of aromatic nitrogens is 1. The lowest BCUT2D eigenvalue weighted by molar-refractivity contribution is -0.137. The van der Waals surface area contributed by atoms with Gasteiger partial charge in [-0.1, -0.05) is 42.5 Å². The lowest BCUT2D eigenvalue weighted by Crippen LogP contribution is -2.19. The van der Waals surface area contributed by atoms with Gasteiger partial charge in [0.05, 0.1) is 0 Å². The van der Waals surface area contributed by atoms with E-state index in [0.717, 1.165) is 11.1 Å². The summed E-state index contributed by atoms with van der Waals surface area (Å²) < 4.78 is 1.53. The summed E-state index contributed by atoms with van der Waals surface area (Å²) in [5.41, 5.74) is 1.79.